The van der Waals surface area contributed by atoms with Crippen molar-refractivity contribution in [3.63, 3.8) is 0 Å². The van der Waals surface area contributed by atoms with Gasteiger partial charge in [-0.1, -0.05) is 0 Å². The average molecular weight is 536 g/mol. The van der Waals surface area contributed by atoms with Crippen LogP contribution in [-0.4, -0.2) is 103 Å². The first kappa shape index (κ1) is 31.7. The van der Waals surface area contributed by atoms with E-state index in [0.29, 0.717) is 6.04 Å². The second kappa shape index (κ2) is 13.8. The molecular formula is C21H30F6N2O7. The zero-order valence-corrected chi connectivity index (χ0v) is 19.9. The molecule has 0 aliphatic carbocycles. The van der Waals surface area contributed by atoms with Crippen molar-refractivity contribution in [2.75, 3.05) is 40.4 Å². The zero-order valence-electron chi connectivity index (χ0n) is 19.9. The van der Waals surface area contributed by atoms with Crippen LogP contribution in [0.5, 0.6) is 0 Å². The fourth-order valence-corrected chi connectivity index (χ4v) is 3.49. The van der Waals surface area contributed by atoms with Crippen molar-refractivity contribution in [3.05, 3.63) is 23.7 Å². The largest absolute Gasteiger partial charge is 0.490 e. The number of aryl methyl sites for hydroxylation is 1. The lowest BCUT2D eigenvalue weighted by Crippen LogP contribution is -2.42. The number of likely N-dealkylation sites (tertiary alicyclic amines) is 1. The third-order valence-corrected chi connectivity index (χ3v) is 5.09. The quantitative estimate of drug-likeness (QED) is 0.530. The second-order valence-corrected chi connectivity index (χ2v) is 8.31. The molecule has 0 radical (unpaired) electrons. The van der Waals surface area contributed by atoms with Gasteiger partial charge in [-0.2, -0.15) is 26.3 Å². The molecule has 3 heterocycles. The second-order valence-electron chi connectivity index (χ2n) is 8.31. The summed E-state index contributed by atoms with van der Waals surface area (Å²) < 4.78 is 81.4. The molecule has 15 heteroatoms. The lowest BCUT2D eigenvalue weighted by Gasteiger charge is -2.32. The molecule has 2 saturated heterocycles. The minimum atomic E-state index is -5.08. The van der Waals surface area contributed by atoms with Crippen molar-refractivity contribution in [2.24, 2.45) is 0 Å². The van der Waals surface area contributed by atoms with Gasteiger partial charge in [-0.3, -0.25) is 4.90 Å². The van der Waals surface area contributed by atoms with Crippen LogP contribution < -0.4 is 0 Å². The van der Waals surface area contributed by atoms with Gasteiger partial charge in [0.05, 0.1) is 19.3 Å². The van der Waals surface area contributed by atoms with E-state index < -0.39 is 24.3 Å². The first-order valence-electron chi connectivity index (χ1n) is 10.8. The van der Waals surface area contributed by atoms with Gasteiger partial charge in [0.15, 0.2) is 0 Å². The molecule has 0 amide bonds. The molecule has 1 aromatic heterocycles. The lowest BCUT2D eigenvalue weighted by molar-refractivity contribution is -0.193. The average Bonchev–Trinajstić information content (AvgIpc) is 3.31. The van der Waals surface area contributed by atoms with Crippen LogP contribution >= 0.6 is 0 Å². The molecule has 2 aliphatic rings. The van der Waals surface area contributed by atoms with Crippen LogP contribution in [0, 0.1) is 6.92 Å². The molecule has 0 saturated carbocycles. The van der Waals surface area contributed by atoms with E-state index in [1.807, 2.05) is 13.0 Å². The monoisotopic (exact) mass is 536 g/mol. The molecular weight excluding hydrogens is 506 g/mol. The summed E-state index contributed by atoms with van der Waals surface area (Å²) in [6.45, 7) is 6.35. The van der Waals surface area contributed by atoms with Gasteiger partial charge in [-0.25, -0.2) is 9.59 Å². The Morgan fingerprint density at radius 1 is 1.11 bits per heavy atom. The van der Waals surface area contributed by atoms with Crippen LogP contribution in [0.3, 0.4) is 0 Å². The van der Waals surface area contributed by atoms with E-state index in [1.54, 1.807) is 0 Å². The highest BCUT2D eigenvalue weighted by Gasteiger charge is 2.44. The maximum Gasteiger partial charge on any atom is 0.490 e. The number of likely N-dealkylation sites (N-methyl/N-ethyl adjacent to an activating group) is 1. The van der Waals surface area contributed by atoms with Gasteiger partial charge in [0.1, 0.15) is 17.6 Å². The molecule has 0 bridgehead atoms. The minimum Gasteiger partial charge on any atom is -0.475 e. The molecule has 2 N–H and O–H groups in total. The number of aliphatic carboxylic acids is 2. The number of halogens is 6. The fourth-order valence-electron chi connectivity index (χ4n) is 3.49. The van der Waals surface area contributed by atoms with E-state index in [9.17, 15) is 26.3 Å². The Kier molecular flexibility index (Phi) is 12.2. The number of furan rings is 1. The Labute approximate surface area is 203 Å². The van der Waals surface area contributed by atoms with E-state index in [-0.39, 0.29) is 12.2 Å². The van der Waals surface area contributed by atoms with E-state index in [0.717, 1.165) is 50.8 Å². The third-order valence-electron chi connectivity index (χ3n) is 5.09. The molecule has 1 aromatic rings. The Morgan fingerprint density at radius 3 is 2.11 bits per heavy atom. The van der Waals surface area contributed by atoms with Gasteiger partial charge in [0.2, 0.25) is 0 Å². The fraction of sp³-hybridized carbons (Fsp3) is 0.714. The number of hydrogen-bond donors (Lipinski definition) is 2. The highest BCUT2D eigenvalue weighted by molar-refractivity contribution is 5.73. The van der Waals surface area contributed by atoms with Crippen LogP contribution in [0.4, 0.5) is 26.3 Å². The summed E-state index contributed by atoms with van der Waals surface area (Å²) in [6, 6.07) is 4.57. The Morgan fingerprint density at radius 2 is 1.67 bits per heavy atom. The van der Waals surface area contributed by atoms with E-state index in [1.165, 1.54) is 6.42 Å². The first-order valence-corrected chi connectivity index (χ1v) is 10.8. The van der Waals surface area contributed by atoms with Crippen molar-refractivity contribution in [2.45, 2.75) is 56.9 Å². The molecule has 3 rings (SSSR count). The normalized spacial score (nSPS) is 22.2. The van der Waals surface area contributed by atoms with Crippen molar-refractivity contribution in [3.8, 4) is 0 Å². The number of carboxylic acid groups (broad SMARTS) is 2. The highest BCUT2D eigenvalue weighted by Crippen LogP contribution is 2.32. The predicted molar refractivity (Wildman–Crippen MR) is 112 cm³/mol. The molecule has 2 fully saturated rings. The van der Waals surface area contributed by atoms with Gasteiger partial charge in [-0.05, 0) is 46.0 Å². The lowest BCUT2D eigenvalue weighted by atomic mass is 10.0. The Hall–Kier alpha value is -2.36. The molecule has 0 spiro atoms. The van der Waals surface area contributed by atoms with Crippen molar-refractivity contribution in [1.82, 2.24) is 9.80 Å². The van der Waals surface area contributed by atoms with Crippen LogP contribution in [0.2, 0.25) is 0 Å². The maximum absolute atomic E-state index is 10.6. The summed E-state index contributed by atoms with van der Waals surface area (Å²) in [5.41, 5.74) is 0. The van der Waals surface area contributed by atoms with Crippen LogP contribution in [0.15, 0.2) is 16.5 Å². The Bertz CT molecular complexity index is 804. The molecule has 2 aliphatic heterocycles. The molecule has 36 heavy (non-hydrogen) atoms. The number of carbonyl (C=O) groups is 2. The van der Waals surface area contributed by atoms with E-state index in [2.05, 4.69) is 30.0 Å². The van der Waals surface area contributed by atoms with E-state index in [4.69, 9.17) is 33.7 Å². The number of carboxylic acids is 2. The number of rotatable bonds is 6. The predicted octanol–water partition coefficient (Wildman–Crippen LogP) is 3.16. The minimum absolute atomic E-state index is 0.182. The standard InChI is InChI=1S/C17H28N2O3.2C2HF3O2/c1-13-6-7-14(22-13)11-19-12-16(20-10-8-18(2)3)17-15(19)5-4-9-21-17;2*3-2(4,5)1(6)7/h6-7,15-17H,4-5,8-12H2,1-3H3;2*(H,6,7)/t15-,16+,17+;;/m1../s1. The molecule has 3 atom stereocenters. The van der Waals surface area contributed by atoms with E-state index >= 15 is 0 Å². The van der Waals surface area contributed by atoms with Crippen LogP contribution in [0.25, 0.3) is 0 Å². The third kappa shape index (κ3) is 11.1. The SMILES string of the molecule is Cc1ccc(CN2C[C@H](OCCN(C)C)[C@H]3OCCC[C@H]32)o1.O=C(O)C(F)(F)F.O=C(O)C(F)(F)F. The summed E-state index contributed by atoms with van der Waals surface area (Å²) in [5, 5.41) is 14.2. The topological polar surface area (TPSA) is 113 Å². The summed E-state index contributed by atoms with van der Waals surface area (Å²) in [5.74, 6) is -3.50. The van der Waals surface area contributed by atoms with Gasteiger partial charge in [0.25, 0.3) is 0 Å². The smallest absolute Gasteiger partial charge is 0.475 e. The number of alkyl halides is 6. The summed E-state index contributed by atoms with van der Waals surface area (Å²) >= 11 is 0. The Balaban J connectivity index is 0.000000383. The van der Waals surface area contributed by atoms with Crippen molar-refractivity contribution in [1.29, 1.82) is 0 Å². The summed E-state index contributed by atoms with van der Waals surface area (Å²) in [4.78, 5) is 22.4. The van der Waals surface area contributed by atoms with Gasteiger partial charge in [-0.15, -0.1) is 0 Å². The maximum atomic E-state index is 10.6. The van der Waals surface area contributed by atoms with Gasteiger partial charge >= 0.3 is 24.3 Å². The molecule has 9 nitrogen and oxygen atoms in total. The number of ether oxygens (including phenoxy) is 2. The van der Waals surface area contributed by atoms with Gasteiger partial charge in [0, 0.05) is 25.7 Å². The summed E-state index contributed by atoms with van der Waals surface area (Å²) in [6.07, 6.45) is -7.44. The van der Waals surface area contributed by atoms with Gasteiger partial charge < -0.3 is 29.0 Å². The molecule has 0 unspecified atom stereocenters. The van der Waals surface area contributed by atoms with Crippen molar-refractivity contribution < 1.29 is 60.0 Å². The zero-order chi connectivity index (χ0) is 27.7. The summed E-state index contributed by atoms with van der Waals surface area (Å²) in [7, 11) is 4.15. The molecule has 0 aromatic carbocycles. The first-order chi connectivity index (χ1) is 16.5. The number of nitrogens with zero attached hydrogens (tertiary/aromatic N) is 2. The molecule has 208 valence electrons. The number of fused-ring (bicyclic) bond motifs is 1. The number of hydrogen-bond acceptors (Lipinski definition) is 7. The van der Waals surface area contributed by atoms with Crippen LogP contribution in [0.1, 0.15) is 24.4 Å². The highest BCUT2D eigenvalue weighted by atomic mass is 19.4. The van der Waals surface area contributed by atoms with Crippen molar-refractivity contribution >= 4 is 11.9 Å². The van der Waals surface area contributed by atoms with Crippen LogP contribution in [-0.2, 0) is 25.6 Å².